The molecule has 126 valence electrons. The van der Waals surface area contributed by atoms with E-state index in [4.69, 9.17) is 10.2 Å². The molecular weight excluding hydrogens is 342 g/mol. The van der Waals surface area contributed by atoms with Gasteiger partial charge in [0.2, 0.25) is 10.0 Å². The second-order valence-corrected chi connectivity index (χ2v) is 9.97. The summed E-state index contributed by atoms with van der Waals surface area (Å²) in [6.45, 7) is 6.84. The number of thiophene rings is 1. The first-order valence-corrected chi connectivity index (χ1v) is 10.4. The highest BCUT2D eigenvalue weighted by atomic mass is 32.3. The summed E-state index contributed by atoms with van der Waals surface area (Å²) in [7, 11) is -3.67. The van der Waals surface area contributed by atoms with E-state index >= 15 is 0 Å². The molecule has 1 aromatic rings. The fraction of sp³-hybridized carbons (Fsp3) is 0.692. The molecule has 22 heavy (non-hydrogen) atoms. The maximum Gasteiger partial charge on any atom is 0.247 e. The molecule has 0 radical (unpaired) electrons. The second-order valence-electron chi connectivity index (χ2n) is 5.76. The van der Waals surface area contributed by atoms with E-state index in [1.807, 2.05) is 0 Å². The average molecular weight is 366 g/mol. The van der Waals surface area contributed by atoms with Crippen molar-refractivity contribution >= 4 is 33.3 Å². The number of sulfonamides is 1. The number of hydrogen-bond acceptors (Lipinski definition) is 7. The lowest BCUT2D eigenvalue weighted by Gasteiger charge is -2.32. The molecule has 0 amide bonds. The summed E-state index contributed by atoms with van der Waals surface area (Å²) in [6, 6.07) is 1.79. The van der Waals surface area contributed by atoms with Gasteiger partial charge in [-0.2, -0.15) is 0 Å². The van der Waals surface area contributed by atoms with Gasteiger partial charge in [0.25, 0.3) is 0 Å². The number of aliphatic hydroxyl groups is 1. The van der Waals surface area contributed by atoms with Crippen molar-refractivity contribution in [3.8, 4) is 0 Å². The third-order valence-electron chi connectivity index (χ3n) is 3.29. The number of nitrogens with two attached hydrogens (primary N) is 1. The topological polar surface area (TPSA) is 95.7 Å². The maximum atomic E-state index is 11.6. The highest BCUT2D eigenvalue weighted by Crippen LogP contribution is 2.43. The van der Waals surface area contributed by atoms with Gasteiger partial charge in [-0.1, -0.05) is 13.8 Å². The zero-order chi connectivity index (χ0) is 16.3. The molecule has 1 aliphatic heterocycles. The van der Waals surface area contributed by atoms with Gasteiger partial charge in [-0.15, -0.1) is 11.3 Å². The van der Waals surface area contributed by atoms with Crippen molar-refractivity contribution in [2.24, 2.45) is 11.1 Å². The first-order valence-electron chi connectivity index (χ1n) is 7.25. The second kappa shape index (κ2) is 7.61. The zero-order valence-electron chi connectivity index (χ0n) is 12.8. The monoisotopic (exact) mass is 365 g/mol. The zero-order valence-corrected chi connectivity index (χ0v) is 15.2. The van der Waals surface area contributed by atoms with Gasteiger partial charge in [0.05, 0.1) is 4.21 Å². The van der Waals surface area contributed by atoms with Crippen molar-refractivity contribution in [3.05, 3.63) is 11.6 Å². The Bertz CT molecular complexity index is 601. The lowest BCUT2D eigenvalue weighted by molar-refractivity contribution is 0.266. The average Bonchev–Trinajstić information content (AvgIpc) is 2.86. The quantitative estimate of drug-likeness (QED) is 0.632. The molecule has 0 aliphatic carbocycles. The van der Waals surface area contributed by atoms with Crippen LogP contribution in [0.15, 0.2) is 14.5 Å². The third-order valence-corrected chi connectivity index (χ3v) is 7.13. The van der Waals surface area contributed by atoms with Crippen LogP contribution in [0, 0.1) is 5.92 Å². The summed E-state index contributed by atoms with van der Waals surface area (Å²) in [4.78, 5) is 0. The summed E-state index contributed by atoms with van der Waals surface area (Å²) in [6.07, 6.45) is 0.701. The molecule has 1 unspecified atom stereocenters. The van der Waals surface area contributed by atoms with Gasteiger partial charge in [0.1, 0.15) is 4.21 Å². The lowest BCUT2D eigenvalue weighted by atomic mass is 10.1. The fourth-order valence-corrected chi connectivity index (χ4v) is 5.78. The van der Waals surface area contributed by atoms with Crippen molar-refractivity contribution in [2.45, 2.75) is 34.7 Å². The Hall–Kier alpha value is -0.160. The molecule has 1 aliphatic rings. The minimum absolute atomic E-state index is 0.0871. The van der Waals surface area contributed by atoms with Gasteiger partial charge >= 0.3 is 0 Å². The van der Waals surface area contributed by atoms with Crippen LogP contribution >= 0.6 is 23.3 Å². The van der Waals surface area contributed by atoms with Crippen LogP contribution in [0.4, 0.5) is 0 Å². The number of hydrogen-bond donors (Lipinski definition) is 3. The summed E-state index contributed by atoms with van der Waals surface area (Å²) < 4.78 is 26.5. The van der Waals surface area contributed by atoms with Crippen LogP contribution in [0.1, 0.15) is 31.9 Å². The summed E-state index contributed by atoms with van der Waals surface area (Å²) in [5, 5.41) is 17.8. The number of rotatable bonds is 7. The van der Waals surface area contributed by atoms with Gasteiger partial charge in [-0.3, -0.25) is 0 Å². The van der Waals surface area contributed by atoms with Gasteiger partial charge in [0.15, 0.2) is 0 Å². The van der Waals surface area contributed by atoms with Crippen LogP contribution < -0.4 is 10.5 Å². The Balaban J connectivity index is 2.23. The van der Waals surface area contributed by atoms with Gasteiger partial charge in [-0.25, -0.2) is 17.9 Å². The first kappa shape index (κ1) is 18.2. The molecule has 0 spiro atoms. The van der Waals surface area contributed by atoms with E-state index in [0.717, 1.165) is 29.4 Å². The van der Waals surface area contributed by atoms with Gasteiger partial charge < -0.3 is 10.4 Å². The molecule has 0 aromatic carbocycles. The normalized spacial score (nSPS) is 19.6. The predicted octanol–water partition coefficient (Wildman–Crippen LogP) is 1.39. The standard InChI is InChI=1S/C13H23N3O3S3/c1-9(2)7-15-11-8-16(4-3-5-17)21-13-10(11)6-12(20-13)22(14,18)19/h6,9,11,15,17H,3-5,7-8H2,1-2H3,(H2,14,18,19). The molecule has 1 atom stereocenters. The number of fused-ring (bicyclic) bond motifs is 1. The van der Waals surface area contributed by atoms with Crippen LogP contribution in [-0.4, -0.2) is 44.1 Å². The van der Waals surface area contributed by atoms with E-state index in [-0.39, 0.29) is 16.9 Å². The number of aliphatic hydroxyl groups excluding tert-OH is 1. The van der Waals surface area contributed by atoms with E-state index in [9.17, 15) is 8.42 Å². The van der Waals surface area contributed by atoms with E-state index in [1.54, 1.807) is 18.0 Å². The Morgan fingerprint density at radius 3 is 2.86 bits per heavy atom. The van der Waals surface area contributed by atoms with Crippen LogP contribution in [0.3, 0.4) is 0 Å². The molecule has 0 saturated carbocycles. The van der Waals surface area contributed by atoms with Crippen molar-refractivity contribution in [2.75, 3.05) is 26.2 Å². The summed E-state index contributed by atoms with van der Waals surface area (Å²) >= 11 is 2.78. The van der Waals surface area contributed by atoms with Crippen molar-refractivity contribution in [1.82, 2.24) is 9.62 Å². The van der Waals surface area contributed by atoms with Crippen molar-refractivity contribution in [3.63, 3.8) is 0 Å². The van der Waals surface area contributed by atoms with Crippen LogP contribution in [0.5, 0.6) is 0 Å². The molecule has 4 N–H and O–H groups in total. The highest BCUT2D eigenvalue weighted by Gasteiger charge is 2.30. The fourth-order valence-electron chi connectivity index (χ4n) is 2.21. The van der Waals surface area contributed by atoms with Gasteiger partial charge in [-0.05, 0) is 42.5 Å². The minimum Gasteiger partial charge on any atom is -0.396 e. The highest BCUT2D eigenvalue weighted by molar-refractivity contribution is 7.99. The molecule has 2 rings (SSSR count). The molecule has 6 nitrogen and oxygen atoms in total. The molecular formula is C13H23N3O3S3. The molecule has 1 aromatic heterocycles. The third kappa shape index (κ3) is 4.67. The van der Waals surface area contributed by atoms with E-state index in [1.165, 1.54) is 11.3 Å². The summed E-state index contributed by atoms with van der Waals surface area (Å²) in [5.41, 5.74) is 1.01. The van der Waals surface area contributed by atoms with Crippen molar-refractivity contribution in [1.29, 1.82) is 0 Å². The first-order chi connectivity index (χ1) is 10.3. The predicted molar refractivity (Wildman–Crippen MR) is 90.4 cm³/mol. The smallest absolute Gasteiger partial charge is 0.247 e. The largest absolute Gasteiger partial charge is 0.396 e. The van der Waals surface area contributed by atoms with E-state index in [2.05, 4.69) is 23.5 Å². The maximum absolute atomic E-state index is 11.6. The molecule has 0 bridgehead atoms. The lowest BCUT2D eigenvalue weighted by Crippen LogP contribution is -2.36. The van der Waals surface area contributed by atoms with Crippen LogP contribution in [0.2, 0.25) is 0 Å². The molecule has 0 saturated heterocycles. The Labute approximate surface area is 140 Å². The number of nitrogens with one attached hydrogen (secondary N) is 1. The Morgan fingerprint density at radius 1 is 1.55 bits per heavy atom. The number of primary sulfonamides is 1. The Morgan fingerprint density at radius 2 is 2.27 bits per heavy atom. The Kier molecular flexibility index (Phi) is 6.29. The summed E-state index contributed by atoms with van der Waals surface area (Å²) in [5.74, 6) is 0.514. The molecule has 0 fully saturated rings. The molecule has 2 heterocycles. The van der Waals surface area contributed by atoms with Gasteiger partial charge in [0, 0.05) is 25.7 Å². The van der Waals surface area contributed by atoms with E-state index in [0.29, 0.717) is 12.3 Å². The van der Waals surface area contributed by atoms with Crippen LogP contribution in [0.25, 0.3) is 0 Å². The van der Waals surface area contributed by atoms with Crippen molar-refractivity contribution < 1.29 is 13.5 Å². The minimum atomic E-state index is -3.67. The SMILES string of the molecule is CC(C)CNC1CN(CCCO)Sc2sc(S(N)(=O)=O)cc21. The van der Waals surface area contributed by atoms with E-state index < -0.39 is 10.0 Å². The molecule has 9 heteroatoms. The number of nitrogens with zero attached hydrogens (tertiary/aromatic N) is 1. The van der Waals surface area contributed by atoms with Crippen LogP contribution in [-0.2, 0) is 10.0 Å².